The molecular formula is C15H24N2O3. The molecule has 0 saturated heterocycles. The SMILES string of the molecule is COc1ccc(CN(CCN(C)C)CC(=O)O)cc1C. The highest BCUT2D eigenvalue weighted by molar-refractivity contribution is 5.69. The molecule has 5 heteroatoms. The van der Waals surface area contributed by atoms with Crippen molar-refractivity contribution >= 4 is 5.97 Å². The van der Waals surface area contributed by atoms with Crippen molar-refractivity contribution in [2.24, 2.45) is 0 Å². The van der Waals surface area contributed by atoms with Gasteiger partial charge in [-0.3, -0.25) is 9.69 Å². The Bertz CT molecular complexity index is 447. The summed E-state index contributed by atoms with van der Waals surface area (Å²) in [7, 11) is 5.61. The fourth-order valence-electron chi connectivity index (χ4n) is 2.04. The van der Waals surface area contributed by atoms with Crippen LogP contribution in [0.25, 0.3) is 0 Å². The molecule has 20 heavy (non-hydrogen) atoms. The number of hydrogen-bond acceptors (Lipinski definition) is 4. The summed E-state index contributed by atoms with van der Waals surface area (Å²) in [6.07, 6.45) is 0. The zero-order valence-corrected chi connectivity index (χ0v) is 12.7. The van der Waals surface area contributed by atoms with E-state index in [2.05, 4.69) is 0 Å². The van der Waals surface area contributed by atoms with Gasteiger partial charge in [-0.25, -0.2) is 0 Å². The first-order valence-electron chi connectivity index (χ1n) is 6.64. The van der Waals surface area contributed by atoms with Crippen molar-refractivity contribution in [2.75, 3.05) is 40.8 Å². The Morgan fingerprint density at radius 3 is 2.50 bits per heavy atom. The van der Waals surface area contributed by atoms with Crippen LogP contribution in [0.4, 0.5) is 0 Å². The molecule has 1 N–H and O–H groups in total. The quantitative estimate of drug-likeness (QED) is 0.781. The molecule has 0 saturated carbocycles. The molecule has 112 valence electrons. The molecule has 0 amide bonds. The van der Waals surface area contributed by atoms with Gasteiger partial charge in [-0.1, -0.05) is 12.1 Å². The summed E-state index contributed by atoms with van der Waals surface area (Å²) in [5.41, 5.74) is 2.16. The van der Waals surface area contributed by atoms with E-state index in [1.807, 2.05) is 49.0 Å². The second-order valence-corrected chi connectivity index (χ2v) is 5.21. The van der Waals surface area contributed by atoms with E-state index in [1.54, 1.807) is 7.11 Å². The van der Waals surface area contributed by atoms with E-state index < -0.39 is 5.97 Å². The van der Waals surface area contributed by atoms with Gasteiger partial charge < -0.3 is 14.7 Å². The standard InChI is InChI=1S/C15H24N2O3/c1-12-9-13(5-6-14(12)20-4)10-17(11-15(18)19)8-7-16(2)3/h5-6,9H,7-8,10-11H2,1-4H3,(H,18,19). The number of ether oxygens (including phenoxy) is 1. The molecule has 0 aliphatic heterocycles. The maximum atomic E-state index is 10.9. The summed E-state index contributed by atoms with van der Waals surface area (Å²) in [6, 6.07) is 5.95. The van der Waals surface area contributed by atoms with E-state index in [9.17, 15) is 4.79 Å². The van der Waals surface area contributed by atoms with E-state index in [0.717, 1.165) is 30.0 Å². The molecule has 1 aromatic carbocycles. The summed E-state index contributed by atoms with van der Waals surface area (Å²) >= 11 is 0. The second-order valence-electron chi connectivity index (χ2n) is 5.21. The van der Waals surface area contributed by atoms with Gasteiger partial charge in [0, 0.05) is 19.6 Å². The first-order chi connectivity index (χ1) is 9.42. The fourth-order valence-corrected chi connectivity index (χ4v) is 2.04. The van der Waals surface area contributed by atoms with Crippen LogP contribution in [0.15, 0.2) is 18.2 Å². The third-order valence-corrected chi connectivity index (χ3v) is 3.09. The molecule has 0 fully saturated rings. The number of hydrogen-bond donors (Lipinski definition) is 1. The Hall–Kier alpha value is -1.59. The third kappa shape index (κ3) is 5.59. The molecule has 0 aromatic heterocycles. The van der Waals surface area contributed by atoms with Crippen molar-refractivity contribution in [1.82, 2.24) is 9.80 Å². The first kappa shape index (κ1) is 16.5. The summed E-state index contributed by atoms with van der Waals surface area (Å²) in [6.45, 7) is 4.24. The number of nitrogens with zero attached hydrogens (tertiary/aromatic N) is 2. The first-order valence-corrected chi connectivity index (χ1v) is 6.64. The van der Waals surface area contributed by atoms with E-state index in [4.69, 9.17) is 9.84 Å². The van der Waals surface area contributed by atoms with Crippen LogP contribution in [0.1, 0.15) is 11.1 Å². The number of benzene rings is 1. The van der Waals surface area contributed by atoms with E-state index >= 15 is 0 Å². The van der Waals surface area contributed by atoms with Crippen LogP contribution in [0.5, 0.6) is 5.75 Å². The Labute approximate surface area is 120 Å². The number of rotatable bonds is 8. The van der Waals surface area contributed by atoms with Crippen LogP contribution in [-0.2, 0) is 11.3 Å². The topological polar surface area (TPSA) is 53.0 Å². The zero-order chi connectivity index (χ0) is 15.1. The van der Waals surface area contributed by atoms with Crippen LogP contribution in [-0.4, -0.2) is 61.7 Å². The zero-order valence-electron chi connectivity index (χ0n) is 12.7. The summed E-state index contributed by atoms with van der Waals surface area (Å²) in [4.78, 5) is 14.9. The molecule has 0 spiro atoms. The van der Waals surface area contributed by atoms with Crippen molar-refractivity contribution in [3.05, 3.63) is 29.3 Å². The van der Waals surface area contributed by atoms with Gasteiger partial charge in [-0.2, -0.15) is 0 Å². The molecule has 0 aliphatic carbocycles. The average Bonchev–Trinajstić information content (AvgIpc) is 2.35. The van der Waals surface area contributed by atoms with Gasteiger partial charge in [-0.05, 0) is 38.2 Å². The fraction of sp³-hybridized carbons (Fsp3) is 0.533. The Balaban J connectivity index is 2.72. The average molecular weight is 280 g/mol. The van der Waals surface area contributed by atoms with Crippen LogP contribution < -0.4 is 4.74 Å². The van der Waals surface area contributed by atoms with Crippen molar-refractivity contribution < 1.29 is 14.6 Å². The summed E-state index contributed by atoms with van der Waals surface area (Å²) in [5.74, 6) is 0.0563. The van der Waals surface area contributed by atoms with E-state index in [-0.39, 0.29) is 6.54 Å². The lowest BCUT2D eigenvalue weighted by Crippen LogP contribution is -2.35. The summed E-state index contributed by atoms with van der Waals surface area (Å²) in [5, 5.41) is 8.99. The number of carbonyl (C=O) groups is 1. The largest absolute Gasteiger partial charge is 0.496 e. The molecule has 0 heterocycles. The van der Waals surface area contributed by atoms with E-state index in [1.165, 1.54) is 0 Å². The second kappa shape index (κ2) is 7.87. The molecular weight excluding hydrogens is 256 g/mol. The molecule has 0 unspecified atom stereocenters. The van der Waals surface area contributed by atoms with Gasteiger partial charge in [0.1, 0.15) is 5.75 Å². The number of methoxy groups -OCH3 is 1. The third-order valence-electron chi connectivity index (χ3n) is 3.09. The Morgan fingerprint density at radius 1 is 1.30 bits per heavy atom. The maximum Gasteiger partial charge on any atom is 0.317 e. The van der Waals surface area contributed by atoms with Crippen LogP contribution in [0.2, 0.25) is 0 Å². The molecule has 1 aromatic rings. The van der Waals surface area contributed by atoms with Crippen LogP contribution in [0.3, 0.4) is 0 Å². The minimum atomic E-state index is -0.797. The molecule has 0 aliphatic rings. The van der Waals surface area contributed by atoms with Crippen molar-refractivity contribution in [2.45, 2.75) is 13.5 Å². The molecule has 0 atom stereocenters. The highest BCUT2D eigenvalue weighted by Gasteiger charge is 2.11. The monoisotopic (exact) mass is 280 g/mol. The van der Waals surface area contributed by atoms with Crippen molar-refractivity contribution in [3.8, 4) is 5.75 Å². The minimum Gasteiger partial charge on any atom is -0.496 e. The lowest BCUT2D eigenvalue weighted by Gasteiger charge is -2.22. The number of carboxylic acids is 1. The molecule has 5 nitrogen and oxygen atoms in total. The van der Waals surface area contributed by atoms with Gasteiger partial charge in [0.25, 0.3) is 0 Å². The number of aryl methyl sites for hydroxylation is 1. The highest BCUT2D eigenvalue weighted by Crippen LogP contribution is 2.19. The molecule has 1 rings (SSSR count). The summed E-state index contributed by atoms with van der Waals surface area (Å²) < 4.78 is 5.23. The predicted molar refractivity (Wildman–Crippen MR) is 79.2 cm³/mol. The number of aliphatic carboxylic acids is 1. The van der Waals surface area contributed by atoms with Crippen LogP contribution in [0, 0.1) is 6.92 Å². The molecule has 0 bridgehead atoms. The Kier molecular flexibility index (Phi) is 6.48. The predicted octanol–water partition coefficient (Wildman–Crippen LogP) is 1.45. The smallest absolute Gasteiger partial charge is 0.317 e. The van der Waals surface area contributed by atoms with Crippen molar-refractivity contribution in [1.29, 1.82) is 0 Å². The highest BCUT2D eigenvalue weighted by atomic mass is 16.5. The van der Waals surface area contributed by atoms with Crippen molar-refractivity contribution in [3.63, 3.8) is 0 Å². The number of carboxylic acid groups (broad SMARTS) is 1. The van der Waals surface area contributed by atoms with Gasteiger partial charge in [-0.15, -0.1) is 0 Å². The van der Waals surface area contributed by atoms with Gasteiger partial charge >= 0.3 is 5.97 Å². The Morgan fingerprint density at radius 2 is 2.00 bits per heavy atom. The number of likely N-dealkylation sites (N-methyl/N-ethyl adjacent to an activating group) is 1. The van der Waals surface area contributed by atoms with Gasteiger partial charge in [0.2, 0.25) is 0 Å². The maximum absolute atomic E-state index is 10.9. The van der Waals surface area contributed by atoms with E-state index in [0.29, 0.717) is 6.54 Å². The van der Waals surface area contributed by atoms with Gasteiger partial charge in [0.05, 0.1) is 13.7 Å². The molecule has 0 radical (unpaired) electrons. The lowest BCUT2D eigenvalue weighted by atomic mass is 10.1. The van der Waals surface area contributed by atoms with Gasteiger partial charge in [0.15, 0.2) is 0 Å². The normalized spacial score (nSPS) is 11.1. The minimum absolute atomic E-state index is 0.0545. The van der Waals surface area contributed by atoms with Crippen LogP contribution >= 0.6 is 0 Å². The lowest BCUT2D eigenvalue weighted by molar-refractivity contribution is -0.138.